The molecule has 6 nitrogen and oxygen atoms in total. The minimum atomic E-state index is -3.25. The monoisotopic (exact) mass is 295 g/mol. The molecule has 2 N–H and O–H groups in total. The summed E-state index contributed by atoms with van der Waals surface area (Å²) in [5.41, 5.74) is 7.06. The molecule has 2 aromatic rings. The summed E-state index contributed by atoms with van der Waals surface area (Å²) < 4.78 is 28.0. The fraction of sp³-hybridized carbons (Fsp3) is 0.385. The lowest BCUT2D eigenvalue weighted by molar-refractivity contribution is 0.350. The van der Waals surface area contributed by atoms with Gasteiger partial charge < -0.3 is 10.3 Å². The zero-order valence-corrected chi connectivity index (χ0v) is 12.2. The van der Waals surface area contributed by atoms with Gasteiger partial charge in [0.15, 0.2) is 15.7 Å². The van der Waals surface area contributed by atoms with Crippen LogP contribution in [0.4, 0.5) is 0 Å². The van der Waals surface area contributed by atoms with Crippen LogP contribution in [0.5, 0.6) is 0 Å². The van der Waals surface area contributed by atoms with Crippen molar-refractivity contribution in [2.75, 3.05) is 6.26 Å². The van der Waals surface area contributed by atoms with Crippen molar-refractivity contribution in [2.24, 2.45) is 5.73 Å². The maximum atomic E-state index is 11.4. The van der Waals surface area contributed by atoms with E-state index < -0.39 is 21.1 Å². The van der Waals surface area contributed by atoms with Crippen LogP contribution in [0.15, 0.2) is 34.9 Å². The summed E-state index contributed by atoms with van der Waals surface area (Å²) in [5, 5.41) is 2.90. The molecule has 0 saturated carbocycles. The molecule has 2 atom stereocenters. The van der Waals surface area contributed by atoms with E-state index in [4.69, 9.17) is 10.3 Å². The lowest BCUT2D eigenvalue weighted by Crippen LogP contribution is -2.14. The average Bonchev–Trinajstić information content (AvgIpc) is 2.87. The number of nitrogens with two attached hydrogens (primary N) is 1. The number of aromatic nitrogens is 2. The number of benzene rings is 1. The fourth-order valence-corrected chi connectivity index (χ4v) is 2.19. The van der Waals surface area contributed by atoms with Crippen LogP contribution in [0.2, 0.25) is 0 Å². The SMILES string of the molecule is CC(c1noc(C(N)Cc2ccccc2)n1)S(C)(=O)=O. The highest BCUT2D eigenvalue weighted by Gasteiger charge is 2.24. The summed E-state index contributed by atoms with van der Waals surface area (Å²) in [4.78, 5) is 4.09. The highest BCUT2D eigenvalue weighted by molar-refractivity contribution is 7.90. The molecule has 0 fully saturated rings. The number of nitrogens with zero attached hydrogens (tertiary/aromatic N) is 2. The van der Waals surface area contributed by atoms with Gasteiger partial charge in [0.05, 0.1) is 6.04 Å². The zero-order chi connectivity index (χ0) is 14.8. The van der Waals surface area contributed by atoms with Gasteiger partial charge in [0.25, 0.3) is 0 Å². The molecule has 0 spiro atoms. The maximum absolute atomic E-state index is 11.4. The first-order valence-electron chi connectivity index (χ1n) is 6.20. The number of hydrogen-bond acceptors (Lipinski definition) is 6. The molecule has 1 aromatic heterocycles. The van der Waals surface area contributed by atoms with E-state index in [0.29, 0.717) is 6.42 Å². The molecule has 20 heavy (non-hydrogen) atoms. The van der Waals surface area contributed by atoms with Crippen LogP contribution in [0.3, 0.4) is 0 Å². The predicted octanol–water partition coefficient (Wildman–Crippen LogP) is 1.42. The standard InChI is InChI=1S/C13H17N3O3S/c1-9(20(2,17)18)12-15-13(19-16-12)11(14)8-10-6-4-3-5-7-10/h3-7,9,11H,8,14H2,1-2H3. The Kier molecular flexibility index (Phi) is 4.20. The van der Waals surface area contributed by atoms with Crippen molar-refractivity contribution in [3.63, 3.8) is 0 Å². The van der Waals surface area contributed by atoms with Crippen molar-refractivity contribution in [1.29, 1.82) is 0 Å². The average molecular weight is 295 g/mol. The van der Waals surface area contributed by atoms with E-state index in [-0.39, 0.29) is 11.7 Å². The maximum Gasteiger partial charge on any atom is 0.243 e. The van der Waals surface area contributed by atoms with Gasteiger partial charge >= 0.3 is 0 Å². The smallest absolute Gasteiger partial charge is 0.243 e. The summed E-state index contributed by atoms with van der Waals surface area (Å²) in [6, 6.07) is 9.23. The molecule has 7 heteroatoms. The van der Waals surface area contributed by atoms with Gasteiger partial charge in [0.1, 0.15) is 5.25 Å². The van der Waals surface area contributed by atoms with Crippen LogP contribution in [0.25, 0.3) is 0 Å². The Morgan fingerprint density at radius 2 is 1.95 bits per heavy atom. The van der Waals surface area contributed by atoms with Crippen molar-refractivity contribution < 1.29 is 12.9 Å². The van der Waals surface area contributed by atoms with Crippen molar-refractivity contribution in [2.45, 2.75) is 24.6 Å². The third-order valence-electron chi connectivity index (χ3n) is 3.08. The molecule has 2 unspecified atom stereocenters. The summed E-state index contributed by atoms with van der Waals surface area (Å²) in [7, 11) is -3.25. The molecule has 0 saturated heterocycles. The molecule has 108 valence electrons. The summed E-state index contributed by atoms with van der Waals surface area (Å²) >= 11 is 0. The Morgan fingerprint density at radius 1 is 1.30 bits per heavy atom. The highest BCUT2D eigenvalue weighted by atomic mass is 32.2. The first-order valence-corrected chi connectivity index (χ1v) is 8.15. The van der Waals surface area contributed by atoms with E-state index in [1.165, 1.54) is 6.92 Å². The van der Waals surface area contributed by atoms with E-state index in [0.717, 1.165) is 11.8 Å². The van der Waals surface area contributed by atoms with Gasteiger partial charge in [0.2, 0.25) is 5.89 Å². The van der Waals surface area contributed by atoms with Gasteiger partial charge in [-0.15, -0.1) is 0 Å². The summed E-state index contributed by atoms with van der Waals surface area (Å²) in [6.07, 6.45) is 1.69. The van der Waals surface area contributed by atoms with Crippen molar-refractivity contribution in [3.8, 4) is 0 Å². The molecular weight excluding hydrogens is 278 g/mol. The van der Waals surface area contributed by atoms with E-state index in [1.807, 2.05) is 30.3 Å². The first kappa shape index (κ1) is 14.7. The quantitative estimate of drug-likeness (QED) is 0.895. The van der Waals surface area contributed by atoms with Gasteiger partial charge in [0, 0.05) is 6.26 Å². The highest BCUT2D eigenvalue weighted by Crippen LogP contribution is 2.20. The van der Waals surface area contributed by atoms with Gasteiger partial charge in [-0.05, 0) is 18.9 Å². The second-order valence-corrected chi connectivity index (χ2v) is 7.12. The van der Waals surface area contributed by atoms with Crippen LogP contribution < -0.4 is 5.73 Å². The molecular formula is C13H17N3O3S. The third-order valence-corrected chi connectivity index (χ3v) is 4.57. The summed E-state index contributed by atoms with van der Waals surface area (Å²) in [5.74, 6) is 0.394. The predicted molar refractivity (Wildman–Crippen MR) is 74.6 cm³/mol. The first-order chi connectivity index (χ1) is 9.38. The molecule has 0 aliphatic rings. The Bertz CT molecular complexity index is 667. The van der Waals surface area contributed by atoms with E-state index in [1.54, 1.807) is 0 Å². The van der Waals surface area contributed by atoms with Gasteiger partial charge in [-0.25, -0.2) is 8.42 Å². The van der Waals surface area contributed by atoms with Crippen LogP contribution in [0.1, 0.15) is 35.5 Å². The van der Waals surface area contributed by atoms with Crippen molar-refractivity contribution >= 4 is 9.84 Å². The van der Waals surface area contributed by atoms with Gasteiger partial charge in [-0.3, -0.25) is 0 Å². The topological polar surface area (TPSA) is 99.1 Å². The normalized spacial score (nSPS) is 14.9. The molecule has 0 bridgehead atoms. The Hall–Kier alpha value is -1.73. The zero-order valence-electron chi connectivity index (χ0n) is 11.4. The molecule has 0 aliphatic heterocycles. The largest absolute Gasteiger partial charge is 0.338 e. The van der Waals surface area contributed by atoms with Crippen LogP contribution >= 0.6 is 0 Å². The van der Waals surface area contributed by atoms with Crippen molar-refractivity contribution in [1.82, 2.24) is 10.1 Å². The molecule has 1 aromatic carbocycles. The second-order valence-electron chi connectivity index (χ2n) is 4.76. The molecule has 1 heterocycles. The summed E-state index contributed by atoms with van der Waals surface area (Å²) in [6.45, 7) is 1.52. The van der Waals surface area contributed by atoms with E-state index in [9.17, 15) is 8.42 Å². The molecule has 0 aliphatic carbocycles. The van der Waals surface area contributed by atoms with Crippen LogP contribution in [-0.4, -0.2) is 24.8 Å². The number of sulfone groups is 1. The minimum Gasteiger partial charge on any atom is -0.338 e. The van der Waals surface area contributed by atoms with Gasteiger partial charge in [-0.1, -0.05) is 35.5 Å². The fourth-order valence-electron chi connectivity index (χ4n) is 1.71. The lowest BCUT2D eigenvalue weighted by atomic mass is 10.1. The van der Waals surface area contributed by atoms with Crippen LogP contribution in [0, 0.1) is 0 Å². The molecule has 0 amide bonds. The Morgan fingerprint density at radius 3 is 2.55 bits per heavy atom. The van der Waals surface area contributed by atoms with E-state index >= 15 is 0 Å². The molecule has 2 rings (SSSR count). The van der Waals surface area contributed by atoms with E-state index in [2.05, 4.69) is 10.1 Å². The number of rotatable bonds is 5. The van der Waals surface area contributed by atoms with Gasteiger partial charge in [-0.2, -0.15) is 4.98 Å². The number of hydrogen-bond donors (Lipinski definition) is 1. The molecule has 0 radical (unpaired) electrons. The minimum absolute atomic E-state index is 0.144. The van der Waals surface area contributed by atoms with Crippen molar-refractivity contribution in [3.05, 3.63) is 47.6 Å². The Balaban J connectivity index is 2.13. The van der Waals surface area contributed by atoms with Crippen LogP contribution in [-0.2, 0) is 16.3 Å². The second kappa shape index (κ2) is 5.72. The Labute approximate surface area is 117 Å². The lowest BCUT2D eigenvalue weighted by Gasteiger charge is -2.06. The third kappa shape index (κ3) is 3.43.